The van der Waals surface area contributed by atoms with Gasteiger partial charge >= 0.3 is 0 Å². The molecule has 0 radical (unpaired) electrons. The lowest BCUT2D eigenvalue weighted by atomic mass is 10.2. The van der Waals surface area contributed by atoms with Gasteiger partial charge in [-0.25, -0.2) is 14.2 Å². The molecule has 1 aromatic rings. The van der Waals surface area contributed by atoms with E-state index in [1.165, 1.54) is 18.2 Å². The fourth-order valence-corrected chi connectivity index (χ4v) is 1.24. The number of nitrogens with zero attached hydrogens (tertiary/aromatic N) is 1. The van der Waals surface area contributed by atoms with Crippen molar-refractivity contribution in [2.75, 3.05) is 0 Å². The molecule has 0 amide bonds. The average molecular weight is 230 g/mol. The second-order valence-electron chi connectivity index (χ2n) is 2.14. The van der Waals surface area contributed by atoms with E-state index in [1.54, 1.807) is 6.07 Å². The second-order valence-corrected chi connectivity index (χ2v) is 3.00. The van der Waals surface area contributed by atoms with E-state index >= 15 is 0 Å². The number of benzene rings is 1. The summed E-state index contributed by atoms with van der Waals surface area (Å²) in [5.74, 6) is -0.319. The van der Waals surface area contributed by atoms with Crippen LogP contribution in [-0.2, 0) is 11.3 Å². The summed E-state index contributed by atoms with van der Waals surface area (Å²) in [5, 5.41) is 0. The number of carbonyl (C=O) groups excluding carboxylic acids is 1. The normalized spacial score (nSPS) is 9.17. The number of hydrogen-bond donors (Lipinski definition) is 0. The number of isocyanates is 1. The number of aliphatic imine (C=N–C) groups is 1. The van der Waals surface area contributed by atoms with Gasteiger partial charge in [-0.2, -0.15) is 0 Å². The van der Waals surface area contributed by atoms with E-state index in [0.717, 1.165) is 5.56 Å². The quantitative estimate of drug-likeness (QED) is 0.566. The zero-order valence-electron chi connectivity index (χ0n) is 6.05. The monoisotopic (exact) mass is 229 g/mol. The molecule has 12 heavy (non-hydrogen) atoms. The van der Waals surface area contributed by atoms with E-state index in [-0.39, 0.29) is 12.4 Å². The van der Waals surface area contributed by atoms with Crippen molar-refractivity contribution in [3.8, 4) is 0 Å². The van der Waals surface area contributed by atoms with Crippen LogP contribution in [-0.4, -0.2) is 6.08 Å². The lowest BCUT2D eigenvalue weighted by molar-refractivity contribution is 0.562. The summed E-state index contributed by atoms with van der Waals surface area (Å²) in [4.78, 5) is 13.1. The smallest absolute Gasteiger partial charge is 0.211 e. The first-order valence-corrected chi connectivity index (χ1v) is 4.01. The van der Waals surface area contributed by atoms with Crippen LogP contribution in [0.3, 0.4) is 0 Å². The van der Waals surface area contributed by atoms with Gasteiger partial charge in [0.15, 0.2) is 0 Å². The largest absolute Gasteiger partial charge is 0.235 e. The average Bonchev–Trinajstić information content (AvgIpc) is 2.03. The first kappa shape index (κ1) is 9.10. The van der Waals surface area contributed by atoms with Crippen LogP contribution in [0.5, 0.6) is 0 Å². The van der Waals surface area contributed by atoms with Crippen molar-refractivity contribution in [1.29, 1.82) is 0 Å². The Kier molecular flexibility index (Phi) is 3.14. The molecular weight excluding hydrogens is 225 g/mol. The highest BCUT2D eigenvalue weighted by Gasteiger charge is 1.99. The molecular formula is C8H5BrFNO. The molecule has 0 N–H and O–H groups in total. The van der Waals surface area contributed by atoms with Gasteiger partial charge in [-0.1, -0.05) is 22.0 Å². The highest BCUT2D eigenvalue weighted by atomic mass is 79.9. The molecule has 0 spiro atoms. The van der Waals surface area contributed by atoms with Gasteiger partial charge in [-0.05, 0) is 17.7 Å². The fourth-order valence-electron chi connectivity index (χ4n) is 0.767. The molecule has 1 aromatic carbocycles. The van der Waals surface area contributed by atoms with E-state index in [9.17, 15) is 9.18 Å². The van der Waals surface area contributed by atoms with Gasteiger partial charge in [0.1, 0.15) is 5.82 Å². The van der Waals surface area contributed by atoms with Crippen molar-refractivity contribution in [3.05, 3.63) is 34.1 Å². The molecule has 0 bridgehead atoms. The van der Waals surface area contributed by atoms with Crippen molar-refractivity contribution in [2.45, 2.75) is 6.54 Å². The molecule has 0 unspecified atom stereocenters. The van der Waals surface area contributed by atoms with Crippen LogP contribution >= 0.6 is 15.9 Å². The Hall–Kier alpha value is -0.990. The summed E-state index contributed by atoms with van der Waals surface area (Å²) in [6, 6.07) is 4.22. The molecule has 0 aliphatic carbocycles. The van der Waals surface area contributed by atoms with E-state index < -0.39 is 0 Å². The highest BCUT2D eigenvalue weighted by molar-refractivity contribution is 9.10. The number of rotatable bonds is 2. The highest BCUT2D eigenvalue weighted by Crippen LogP contribution is 2.18. The molecule has 0 saturated heterocycles. The van der Waals surface area contributed by atoms with Gasteiger partial charge in [0, 0.05) is 4.47 Å². The van der Waals surface area contributed by atoms with Gasteiger partial charge in [0.05, 0.1) is 6.54 Å². The maximum absolute atomic E-state index is 12.5. The molecule has 0 saturated carbocycles. The zero-order valence-corrected chi connectivity index (χ0v) is 7.64. The Labute approximate surface area is 77.3 Å². The molecule has 1 rings (SSSR count). The summed E-state index contributed by atoms with van der Waals surface area (Å²) >= 11 is 3.15. The van der Waals surface area contributed by atoms with Gasteiger partial charge in [-0.3, -0.25) is 0 Å². The minimum Gasteiger partial charge on any atom is -0.211 e. The minimum absolute atomic E-state index is 0.227. The van der Waals surface area contributed by atoms with Crippen LogP contribution in [0.25, 0.3) is 0 Å². The van der Waals surface area contributed by atoms with Crippen LogP contribution in [0.4, 0.5) is 4.39 Å². The summed E-state index contributed by atoms with van der Waals surface area (Å²) in [7, 11) is 0. The molecule has 0 heterocycles. The van der Waals surface area contributed by atoms with E-state index in [1.807, 2.05) is 0 Å². The molecule has 0 fully saturated rings. The maximum atomic E-state index is 12.5. The second kappa shape index (κ2) is 4.14. The van der Waals surface area contributed by atoms with Crippen LogP contribution in [0.2, 0.25) is 0 Å². The van der Waals surface area contributed by atoms with E-state index in [2.05, 4.69) is 20.9 Å². The van der Waals surface area contributed by atoms with Crippen LogP contribution < -0.4 is 0 Å². The van der Waals surface area contributed by atoms with E-state index in [0.29, 0.717) is 4.47 Å². The van der Waals surface area contributed by atoms with Gasteiger partial charge in [-0.15, -0.1) is 0 Å². The topological polar surface area (TPSA) is 29.4 Å². The Morgan fingerprint density at radius 1 is 1.58 bits per heavy atom. The molecule has 0 aliphatic heterocycles. The third-order valence-electron chi connectivity index (χ3n) is 1.33. The minimum atomic E-state index is -0.319. The fraction of sp³-hybridized carbons (Fsp3) is 0.125. The number of hydrogen-bond acceptors (Lipinski definition) is 2. The van der Waals surface area contributed by atoms with Crippen LogP contribution in [0.15, 0.2) is 27.7 Å². The molecule has 0 aromatic heterocycles. The van der Waals surface area contributed by atoms with Gasteiger partial charge < -0.3 is 0 Å². The Morgan fingerprint density at radius 3 is 2.92 bits per heavy atom. The number of halogens is 2. The molecule has 0 atom stereocenters. The lowest BCUT2D eigenvalue weighted by Gasteiger charge is -1.98. The SMILES string of the molecule is O=C=NCc1ccc(F)cc1Br. The maximum Gasteiger partial charge on any atom is 0.235 e. The molecule has 4 heteroatoms. The lowest BCUT2D eigenvalue weighted by Crippen LogP contribution is -1.84. The predicted molar refractivity (Wildman–Crippen MR) is 45.9 cm³/mol. The Morgan fingerprint density at radius 2 is 2.33 bits per heavy atom. The third-order valence-corrected chi connectivity index (χ3v) is 2.07. The predicted octanol–water partition coefficient (Wildman–Crippen LogP) is 2.42. The summed E-state index contributed by atoms with van der Waals surface area (Å²) in [6.07, 6.45) is 1.42. The van der Waals surface area contributed by atoms with Gasteiger partial charge in [0.25, 0.3) is 0 Å². The first-order chi connectivity index (χ1) is 5.74. The van der Waals surface area contributed by atoms with Crippen LogP contribution in [0, 0.1) is 5.82 Å². The molecule has 2 nitrogen and oxygen atoms in total. The van der Waals surface area contributed by atoms with Crippen molar-refractivity contribution in [2.24, 2.45) is 4.99 Å². The van der Waals surface area contributed by atoms with Crippen molar-refractivity contribution < 1.29 is 9.18 Å². The van der Waals surface area contributed by atoms with Crippen molar-refractivity contribution in [3.63, 3.8) is 0 Å². The Bertz CT molecular complexity index is 334. The van der Waals surface area contributed by atoms with Crippen LogP contribution in [0.1, 0.15) is 5.56 Å². The summed E-state index contributed by atoms with van der Waals surface area (Å²) < 4.78 is 13.1. The van der Waals surface area contributed by atoms with Gasteiger partial charge in [0.2, 0.25) is 6.08 Å². The standard InChI is InChI=1S/C8H5BrFNO/c9-8-3-7(10)2-1-6(8)4-11-5-12/h1-3H,4H2. The Balaban J connectivity index is 2.93. The molecule has 0 aliphatic rings. The summed E-state index contributed by atoms with van der Waals surface area (Å²) in [5.41, 5.74) is 0.764. The van der Waals surface area contributed by atoms with Crippen molar-refractivity contribution in [1.82, 2.24) is 0 Å². The zero-order chi connectivity index (χ0) is 8.97. The first-order valence-electron chi connectivity index (χ1n) is 3.21. The third kappa shape index (κ3) is 2.26. The molecule has 62 valence electrons. The van der Waals surface area contributed by atoms with E-state index in [4.69, 9.17) is 0 Å². The summed E-state index contributed by atoms with van der Waals surface area (Å²) in [6.45, 7) is 0.227. The van der Waals surface area contributed by atoms with Crippen molar-refractivity contribution >= 4 is 22.0 Å².